The van der Waals surface area contributed by atoms with E-state index in [0.29, 0.717) is 25.4 Å². The summed E-state index contributed by atoms with van der Waals surface area (Å²) in [4.78, 5) is 23.5. The number of aliphatic imine (C=N–C) groups is 1. The lowest BCUT2D eigenvalue weighted by molar-refractivity contribution is -0.138. The SMILES string of the molecule is CCNC(=NCC1(C(=O)N(C)C)CCCC1)NCCc1nc(C(C)C)no1. The van der Waals surface area contributed by atoms with Gasteiger partial charge in [0.05, 0.1) is 12.0 Å². The molecule has 0 bridgehead atoms. The molecule has 0 aliphatic heterocycles. The third kappa shape index (κ3) is 5.68. The predicted molar refractivity (Wildman–Crippen MR) is 106 cm³/mol. The van der Waals surface area contributed by atoms with Gasteiger partial charge in [0, 0.05) is 39.5 Å². The van der Waals surface area contributed by atoms with E-state index < -0.39 is 0 Å². The summed E-state index contributed by atoms with van der Waals surface area (Å²) in [6.45, 7) is 8.02. The first-order valence-corrected chi connectivity index (χ1v) is 9.94. The third-order valence-corrected chi connectivity index (χ3v) is 4.94. The Hall–Kier alpha value is -2.12. The molecule has 2 rings (SSSR count). The number of amides is 1. The van der Waals surface area contributed by atoms with Crippen LogP contribution in [-0.4, -0.2) is 60.6 Å². The highest BCUT2D eigenvalue weighted by Crippen LogP contribution is 2.39. The molecule has 1 heterocycles. The van der Waals surface area contributed by atoms with E-state index in [9.17, 15) is 4.79 Å². The molecule has 0 radical (unpaired) electrons. The molecular weight excluding hydrogens is 344 g/mol. The lowest BCUT2D eigenvalue weighted by Gasteiger charge is -2.29. The predicted octanol–water partition coefficient (Wildman–Crippen LogP) is 1.94. The minimum absolute atomic E-state index is 0.187. The second-order valence-corrected chi connectivity index (χ2v) is 7.76. The van der Waals surface area contributed by atoms with E-state index in [4.69, 9.17) is 9.52 Å². The van der Waals surface area contributed by atoms with Gasteiger partial charge in [-0.25, -0.2) is 0 Å². The smallest absolute Gasteiger partial charge is 0.230 e. The quantitative estimate of drug-likeness (QED) is 0.530. The number of guanidine groups is 1. The Kier molecular flexibility index (Phi) is 7.62. The first kappa shape index (κ1) is 21.2. The minimum Gasteiger partial charge on any atom is -0.357 e. The van der Waals surface area contributed by atoms with E-state index in [1.165, 1.54) is 0 Å². The zero-order valence-corrected chi connectivity index (χ0v) is 17.3. The fourth-order valence-corrected chi connectivity index (χ4v) is 3.43. The molecule has 152 valence electrons. The standard InChI is InChI=1S/C19H34N6O2/c1-6-20-18(21-12-9-15-23-16(14(2)3)24-27-15)22-13-19(10-7-8-11-19)17(26)25(4)5/h14H,6-13H2,1-5H3,(H2,20,21,22). The summed E-state index contributed by atoms with van der Waals surface area (Å²) in [5, 5.41) is 10.5. The maximum absolute atomic E-state index is 12.7. The summed E-state index contributed by atoms with van der Waals surface area (Å²) in [6.07, 6.45) is 4.63. The Morgan fingerprint density at radius 3 is 2.56 bits per heavy atom. The molecule has 0 saturated heterocycles. The van der Waals surface area contributed by atoms with Gasteiger partial charge in [-0.2, -0.15) is 4.98 Å². The van der Waals surface area contributed by atoms with Crippen molar-refractivity contribution in [1.29, 1.82) is 0 Å². The number of rotatable bonds is 8. The topological polar surface area (TPSA) is 95.7 Å². The van der Waals surface area contributed by atoms with Crippen molar-refractivity contribution in [1.82, 2.24) is 25.7 Å². The molecule has 27 heavy (non-hydrogen) atoms. The number of nitrogens with zero attached hydrogens (tertiary/aromatic N) is 4. The first-order chi connectivity index (χ1) is 12.9. The molecule has 1 aliphatic rings. The molecule has 8 heteroatoms. The molecule has 1 aliphatic carbocycles. The monoisotopic (exact) mass is 378 g/mol. The molecule has 1 aromatic heterocycles. The molecule has 0 aromatic carbocycles. The van der Waals surface area contributed by atoms with Gasteiger partial charge in [0.1, 0.15) is 0 Å². The van der Waals surface area contributed by atoms with Gasteiger partial charge in [-0.15, -0.1) is 0 Å². The number of carbonyl (C=O) groups excluding carboxylic acids is 1. The van der Waals surface area contributed by atoms with Crippen LogP contribution in [-0.2, 0) is 11.2 Å². The van der Waals surface area contributed by atoms with E-state index in [1.54, 1.807) is 4.90 Å². The summed E-state index contributed by atoms with van der Waals surface area (Å²) >= 11 is 0. The van der Waals surface area contributed by atoms with Crippen LogP contribution in [0.3, 0.4) is 0 Å². The van der Waals surface area contributed by atoms with Crippen molar-refractivity contribution >= 4 is 11.9 Å². The number of aromatic nitrogens is 2. The highest BCUT2D eigenvalue weighted by molar-refractivity contribution is 5.84. The Bertz CT molecular complexity index is 632. The first-order valence-electron chi connectivity index (χ1n) is 9.94. The summed E-state index contributed by atoms with van der Waals surface area (Å²) < 4.78 is 5.27. The van der Waals surface area contributed by atoms with Gasteiger partial charge in [-0.3, -0.25) is 9.79 Å². The van der Waals surface area contributed by atoms with Crippen LogP contribution in [0.1, 0.15) is 64.1 Å². The van der Waals surface area contributed by atoms with Gasteiger partial charge in [0.15, 0.2) is 11.8 Å². The van der Waals surface area contributed by atoms with Crippen molar-refractivity contribution < 1.29 is 9.32 Å². The second kappa shape index (κ2) is 9.71. The normalized spacial score (nSPS) is 16.6. The molecule has 1 saturated carbocycles. The van der Waals surface area contributed by atoms with Gasteiger partial charge in [0.2, 0.25) is 11.8 Å². The van der Waals surface area contributed by atoms with E-state index in [1.807, 2.05) is 34.9 Å². The average molecular weight is 379 g/mol. The molecule has 8 nitrogen and oxygen atoms in total. The number of carbonyl (C=O) groups is 1. The van der Waals surface area contributed by atoms with E-state index in [2.05, 4.69) is 20.8 Å². The highest BCUT2D eigenvalue weighted by Gasteiger charge is 2.42. The van der Waals surface area contributed by atoms with Crippen LogP contribution in [0.4, 0.5) is 0 Å². The van der Waals surface area contributed by atoms with Gasteiger partial charge >= 0.3 is 0 Å². The zero-order valence-electron chi connectivity index (χ0n) is 17.3. The number of hydrogen-bond acceptors (Lipinski definition) is 5. The summed E-state index contributed by atoms with van der Waals surface area (Å²) in [6, 6.07) is 0. The molecule has 0 unspecified atom stereocenters. The average Bonchev–Trinajstić information content (AvgIpc) is 3.29. The minimum atomic E-state index is -0.357. The zero-order chi connectivity index (χ0) is 19.9. The Labute approximate surface area is 162 Å². The van der Waals surface area contributed by atoms with E-state index >= 15 is 0 Å². The Morgan fingerprint density at radius 1 is 1.30 bits per heavy atom. The Balaban J connectivity index is 1.95. The number of nitrogens with one attached hydrogen (secondary N) is 2. The van der Waals surface area contributed by atoms with Gasteiger partial charge in [-0.1, -0.05) is 31.8 Å². The van der Waals surface area contributed by atoms with Crippen LogP contribution < -0.4 is 10.6 Å². The fraction of sp³-hybridized carbons (Fsp3) is 0.789. The molecule has 0 atom stereocenters. The van der Waals surface area contributed by atoms with Gasteiger partial charge in [-0.05, 0) is 19.8 Å². The number of hydrogen-bond donors (Lipinski definition) is 2. The van der Waals surface area contributed by atoms with Gasteiger partial charge in [0.25, 0.3) is 0 Å². The lowest BCUT2D eigenvalue weighted by atomic mass is 9.85. The molecular formula is C19H34N6O2. The summed E-state index contributed by atoms with van der Waals surface area (Å²) in [5.41, 5.74) is -0.357. The van der Waals surface area contributed by atoms with Crippen LogP contribution in [0, 0.1) is 5.41 Å². The molecule has 2 N–H and O–H groups in total. The van der Waals surface area contributed by atoms with E-state index in [-0.39, 0.29) is 17.2 Å². The molecule has 1 amide bonds. The largest absolute Gasteiger partial charge is 0.357 e. The van der Waals surface area contributed by atoms with Crippen molar-refractivity contribution in [3.05, 3.63) is 11.7 Å². The van der Waals surface area contributed by atoms with Crippen LogP contribution in [0.15, 0.2) is 9.52 Å². The maximum Gasteiger partial charge on any atom is 0.230 e. The second-order valence-electron chi connectivity index (χ2n) is 7.76. The third-order valence-electron chi connectivity index (χ3n) is 4.94. The molecule has 0 spiro atoms. The van der Waals surface area contributed by atoms with Crippen molar-refractivity contribution in [2.75, 3.05) is 33.7 Å². The van der Waals surface area contributed by atoms with Crippen molar-refractivity contribution in [3.63, 3.8) is 0 Å². The van der Waals surface area contributed by atoms with Crippen molar-refractivity contribution in [3.8, 4) is 0 Å². The van der Waals surface area contributed by atoms with Crippen LogP contribution in [0.2, 0.25) is 0 Å². The van der Waals surface area contributed by atoms with Crippen molar-refractivity contribution in [2.24, 2.45) is 10.4 Å². The van der Waals surface area contributed by atoms with Crippen LogP contribution in [0.25, 0.3) is 0 Å². The van der Waals surface area contributed by atoms with Crippen LogP contribution in [0.5, 0.6) is 0 Å². The van der Waals surface area contributed by atoms with Crippen molar-refractivity contribution in [2.45, 2.75) is 58.8 Å². The molecule has 1 fully saturated rings. The maximum atomic E-state index is 12.7. The van der Waals surface area contributed by atoms with Crippen LogP contribution >= 0.6 is 0 Å². The lowest BCUT2D eigenvalue weighted by Crippen LogP contribution is -2.43. The Morgan fingerprint density at radius 2 is 2.00 bits per heavy atom. The van der Waals surface area contributed by atoms with E-state index in [0.717, 1.165) is 44.0 Å². The summed E-state index contributed by atoms with van der Waals surface area (Å²) in [7, 11) is 3.65. The molecule has 1 aromatic rings. The van der Waals surface area contributed by atoms with Gasteiger partial charge < -0.3 is 20.1 Å². The highest BCUT2D eigenvalue weighted by atomic mass is 16.5. The fourth-order valence-electron chi connectivity index (χ4n) is 3.43. The summed E-state index contributed by atoms with van der Waals surface area (Å²) in [5.74, 6) is 2.52.